The Labute approximate surface area is 222 Å². The van der Waals surface area contributed by atoms with Gasteiger partial charge in [0.05, 0.1) is 33.5 Å². The number of primary amides is 1. The molecule has 2 aliphatic rings. The van der Waals surface area contributed by atoms with Crippen molar-refractivity contribution in [2.45, 2.75) is 12.5 Å². The lowest BCUT2D eigenvalue weighted by atomic mass is 10.1. The zero-order chi connectivity index (χ0) is 27.1. The van der Waals surface area contributed by atoms with Crippen LogP contribution in [-0.2, 0) is 9.53 Å². The Morgan fingerprint density at radius 1 is 1.18 bits per heavy atom. The summed E-state index contributed by atoms with van der Waals surface area (Å²) in [6, 6.07) is 5.15. The minimum atomic E-state index is -0.630. The zero-order valence-electron chi connectivity index (χ0n) is 21.9. The highest BCUT2D eigenvalue weighted by atomic mass is 16.5. The van der Waals surface area contributed by atoms with Crippen molar-refractivity contribution in [3.05, 3.63) is 47.7 Å². The van der Waals surface area contributed by atoms with Crippen LogP contribution < -0.4 is 20.5 Å². The first-order valence-electron chi connectivity index (χ1n) is 12.6. The summed E-state index contributed by atoms with van der Waals surface area (Å²) in [7, 11) is 3.13. The molecule has 3 heterocycles. The van der Waals surface area contributed by atoms with Gasteiger partial charge in [0.15, 0.2) is 5.69 Å². The summed E-state index contributed by atoms with van der Waals surface area (Å²) >= 11 is 0. The number of likely N-dealkylation sites (tertiary alicyclic amines) is 1. The molecule has 2 fully saturated rings. The summed E-state index contributed by atoms with van der Waals surface area (Å²) in [5, 5.41) is 8.10. The van der Waals surface area contributed by atoms with Gasteiger partial charge in [-0.3, -0.25) is 14.5 Å². The van der Waals surface area contributed by atoms with Crippen LogP contribution in [0.4, 0.5) is 5.82 Å². The average molecular weight is 523 g/mol. The standard InChI is InChI=1S/C27H34N6O5/c1-4-24(34)32-9-7-20(18-32)33-27(29-8-10-31-11-13-38-14-12-31)25(26(28)35)23(30-33)6-5-19-15-21(36-2)17-22(16-19)37-3/h4,15-17,20,29H,1,7-14,18H2,2-3H3,(H2,28,35). The predicted molar refractivity (Wildman–Crippen MR) is 142 cm³/mol. The van der Waals surface area contributed by atoms with Gasteiger partial charge in [-0.2, -0.15) is 5.10 Å². The fraction of sp³-hybridized carbons (Fsp3) is 0.444. The Morgan fingerprint density at radius 3 is 2.53 bits per heavy atom. The number of nitrogens with zero attached hydrogens (tertiary/aromatic N) is 4. The van der Waals surface area contributed by atoms with Crippen molar-refractivity contribution < 1.29 is 23.8 Å². The molecule has 1 aromatic carbocycles. The van der Waals surface area contributed by atoms with Gasteiger partial charge in [-0.15, -0.1) is 0 Å². The van der Waals surface area contributed by atoms with Gasteiger partial charge < -0.3 is 30.2 Å². The molecule has 0 saturated carbocycles. The molecule has 11 nitrogen and oxygen atoms in total. The highest BCUT2D eigenvalue weighted by Gasteiger charge is 2.31. The third-order valence-corrected chi connectivity index (χ3v) is 6.65. The van der Waals surface area contributed by atoms with Crippen molar-refractivity contribution in [3.8, 4) is 23.3 Å². The molecular weight excluding hydrogens is 488 g/mol. The number of hydrogen-bond donors (Lipinski definition) is 2. The van der Waals surface area contributed by atoms with Crippen LogP contribution in [0.25, 0.3) is 0 Å². The van der Waals surface area contributed by atoms with E-state index in [1.54, 1.807) is 42.0 Å². The molecule has 2 aromatic rings. The summed E-state index contributed by atoms with van der Waals surface area (Å²) in [4.78, 5) is 28.9. The topological polar surface area (TPSA) is 124 Å². The molecule has 1 atom stereocenters. The molecule has 1 unspecified atom stereocenters. The van der Waals surface area contributed by atoms with Crippen LogP contribution in [0.15, 0.2) is 30.9 Å². The van der Waals surface area contributed by atoms with E-state index in [1.807, 2.05) is 0 Å². The quantitative estimate of drug-likeness (QED) is 0.371. The van der Waals surface area contributed by atoms with E-state index >= 15 is 0 Å². The first-order chi connectivity index (χ1) is 18.4. The normalized spacial score (nSPS) is 17.4. The zero-order valence-corrected chi connectivity index (χ0v) is 21.9. The molecule has 3 N–H and O–H groups in total. The fourth-order valence-electron chi connectivity index (χ4n) is 4.63. The molecule has 0 spiro atoms. The number of ether oxygens (including phenoxy) is 3. The Hall–Kier alpha value is -4.01. The van der Waals surface area contributed by atoms with E-state index in [9.17, 15) is 9.59 Å². The average Bonchev–Trinajstić information content (AvgIpc) is 3.57. The summed E-state index contributed by atoms with van der Waals surface area (Å²) in [6.45, 7) is 9.06. The molecule has 38 heavy (non-hydrogen) atoms. The number of carbonyl (C=O) groups excluding carboxylic acids is 2. The molecule has 1 aromatic heterocycles. The van der Waals surface area contributed by atoms with Crippen molar-refractivity contribution in [2.24, 2.45) is 5.73 Å². The fourth-order valence-corrected chi connectivity index (χ4v) is 4.63. The Bertz CT molecular complexity index is 1220. The number of morpholine rings is 1. The van der Waals surface area contributed by atoms with Gasteiger partial charge in [-0.25, -0.2) is 4.68 Å². The first-order valence-corrected chi connectivity index (χ1v) is 12.6. The highest BCUT2D eigenvalue weighted by Crippen LogP contribution is 2.29. The van der Waals surface area contributed by atoms with E-state index in [-0.39, 0.29) is 23.2 Å². The second-order valence-electron chi connectivity index (χ2n) is 9.04. The van der Waals surface area contributed by atoms with Crippen molar-refractivity contribution in [1.29, 1.82) is 0 Å². The second kappa shape index (κ2) is 12.5. The van der Waals surface area contributed by atoms with Crippen LogP contribution >= 0.6 is 0 Å². The van der Waals surface area contributed by atoms with Gasteiger partial charge in [0, 0.05) is 50.9 Å². The van der Waals surface area contributed by atoms with Crippen LogP contribution in [0.3, 0.4) is 0 Å². The van der Waals surface area contributed by atoms with Gasteiger partial charge in [0.2, 0.25) is 5.91 Å². The molecule has 4 rings (SSSR count). The van der Waals surface area contributed by atoms with Gasteiger partial charge in [0.1, 0.15) is 22.9 Å². The van der Waals surface area contributed by atoms with Crippen LogP contribution in [0.1, 0.15) is 34.1 Å². The van der Waals surface area contributed by atoms with Gasteiger partial charge in [-0.05, 0) is 30.6 Å². The van der Waals surface area contributed by atoms with Gasteiger partial charge in [0.25, 0.3) is 5.91 Å². The molecule has 11 heteroatoms. The Balaban J connectivity index is 1.67. The van der Waals surface area contributed by atoms with Gasteiger partial charge in [-0.1, -0.05) is 12.5 Å². The number of nitrogens with one attached hydrogen (secondary N) is 1. The van der Waals surface area contributed by atoms with Crippen molar-refractivity contribution >= 4 is 17.6 Å². The first kappa shape index (κ1) is 27.0. The maximum atomic E-state index is 12.7. The summed E-state index contributed by atoms with van der Waals surface area (Å²) in [5.74, 6) is 7.02. The monoisotopic (exact) mass is 522 g/mol. The highest BCUT2D eigenvalue weighted by molar-refractivity contribution is 6.00. The third-order valence-electron chi connectivity index (χ3n) is 6.65. The minimum Gasteiger partial charge on any atom is -0.497 e. The number of hydrogen-bond acceptors (Lipinski definition) is 8. The second-order valence-corrected chi connectivity index (χ2v) is 9.04. The van der Waals surface area contributed by atoms with Crippen molar-refractivity contribution in [2.75, 3.05) is 72.0 Å². The third kappa shape index (κ3) is 6.27. The lowest BCUT2D eigenvalue weighted by Gasteiger charge is -2.27. The SMILES string of the molecule is C=CC(=O)N1CCC(n2nc(C#Cc3cc(OC)cc(OC)c3)c(C(N)=O)c2NCCN2CCOCC2)C1. The van der Waals surface area contributed by atoms with Crippen molar-refractivity contribution in [1.82, 2.24) is 19.6 Å². The number of benzene rings is 1. The molecule has 0 radical (unpaired) electrons. The summed E-state index contributed by atoms with van der Waals surface area (Å²) < 4.78 is 17.8. The number of amides is 2. The lowest BCUT2D eigenvalue weighted by Crippen LogP contribution is -2.39. The van der Waals surface area contributed by atoms with Crippen LogP contribution in [0.5, 0.6) is 11.5 Å². The molecule has 2 amide bonds. The number of rotatable bonds is 9. The van der Waals surface area contributed by atoms with Crippen LogP contribution in [-0.4, -0.2) is 98.1 Å². The number of carbonyl (C=O) groups is 2. The van der Waals surface area contributed by atoms with E-state index in [2.05, 4.69) is 28.6 Å². The maximum absolute atomic E-state index is 12.7. The number of anilines is 1. The molecule has 2 saturated heterocycles. The molecule has 202 valence electrons. The maximum Gasteiger partial charge on any atom is 0.255 e. The van der Waals surface area contributed by atoms with Crippen LogP contribution in [0.2, 0.25) is 0 Å². The van der Waals surface area contributed by atoms with E-state index < -0.39 is 5.91 Å². The smallest absolute Gasteiger partial charge is 0.255 e. The Kier molecular flexibility index (Phi) is 8.89. The minimum absolute atomic E-state index is 0.136. The lowest BCUT2D eigenvalue weighted by molar-refractivity contribution is -0.125. The summed E-state index contributed by atoms with van der Waals surface area (Å²) in [6.07, 6.45) is 1.98. The molecule has 2 aliphatic heterocycles. The number of aromatic nitrogens is 2. The number of nitrogens with two attached hydrogens (primary N) is 1. The van der Waals surface area contributed by atoms with E-state index in [1.165, 1.54) is 6.08 Å². The summed E-state index contributed by atoms with van der Waals surface area (Å²) in [5.41, 5.74) is 6.98. The van der Waals surface area contributed by atoms with Gasteiger partial charge >= 0.3 is 0 Å². The predicted octanol–water partition coefficient (Wildman–Crippen LogP) is 1.10. The van der Waals surface area contributed by atoms with Crippen LogP contribution in [0, 0.1) is 11.8 Å². The van der Waals surface area contributed by atoms with Crippen molar-refractivity contribution in [3.63, 3.8) is 0 Å². The largest absolute Gasteiger partial charge is 0.497 e. The Morgan fingerprint density at radius 2 is 1.89 bits per heavy atom. The number of methoxy groups -OCH3 is 2. The van der Waals surface area contributed by atoms with E-state index in [4.69, 9.17) is 25.0 Å². The van der Waals surface area contributed by atoms with E-state index in [0.717, 1.165) is 19.6 Å². The molecule has 0 bridgehead atoms. The molecular formula is C27H34N6O5. The van der Waals surface area contributed by atoms with E-state index in [0.29, 0.717) is 62.1 Å². The molecule has 0 aliphatic carbocycles.